The molecular weight excluding hydrogens is 314 g/mol. The van der Waals surface area contributed by atoms with E-state index in [4.69, 9.17) is 11.6 Å². The number of halogens is 1. The van der Waals surface area contributed by atoms with Gasteiger partial charge in [0, 0.05) is 42.8 Å². The summed E-state index contributed by atoms with van der Waals surface area (Å²) in [5.74, 6) is 0.151. The highest BCUT2D eigenvalue weighted by Gasteiger charge is 2.23. The van der Waals surface area contributed by atoms with Crippen molar-refractivity contribution in [1.29, 1.82) is 0 Å². The number of aryl methyl sites for hydroxylation is 1. The molecule has 1 N–H and O–H groups in total. The molecule has 1 aromatic rings. The van der Waals surface area contributed by atoms with Gasteiger partial charge in [-0.3, -0.25) is 14.5 Å². The van der Waals surface area contributed by atoms with Crippen LogP contribution in [0.1, 0.15) is 19.4 Å². The standard InChI is InChI=1S/C17H24ClN3O2/c1-12(2)17(23)21-8-6-20(7-9-21)11-16(22)19-15-10-14(18)5-4-13(15)3/h4-5,10,12H,6-9,11H2,1-3H3,(H,19,22). The molecule has 126 valence electrons. The second kappa shape index (κ2) is 7.79. The van der Waals surface area contributed by atoms with Crippen molar-refractivity contribution in [3.05, 3.63) is 28.8 Å². The van der Waals surface area contributed by atoms with Gasteiger partial charge >= 0.3 is 0 Å². The Labute approximate surface area is 142 Å². The average Bonchev–Trinajstić information content (AvgIpc) is 2.51. The average molecular weight is 338 g/mol. The Bertz CT molecular complexity index is 581. The summed E-state index contributed by atoms with van der Waals surface area (Å²) in [5, 5.41) is 3.51. The number of rotatable bonds is 4. The summed E-state index contributed by atoms with van der Waals surface area (Å²) in [6, 6.07) is 5.44. The van der Waals surface area contributed by atoms with Crippen LogP contribution in [0.2, 0.25) is 5.02 Å². The van der Waals surface area contributed by atoms with Crippen LogP contribution in [0.4, 0.5) is 5.69 Å². The third-order valence-electron chi connectivity index (χ3n) is 4.02. The van der Waals surface area contributed by atoms with Gasteiger partial charge in [-0.1, -0.05) is 31.5 Å². The highest BCUT2D eigenvalue weighted by Crippen LogP contribution is 2.20. The Balaban J connectivity index is 1.83. The van der Waals surface area contributed by atoms with Gasteiger partial charge in [0.05, 0.1) is 6.54 Å². The molecule has 0 spiro atoms. The molecule has 1 aromatic carbocycles. The first-order valence-corrected chi connectivity index (χ1v) is 8.31. The second-order valence-corrected chi connectivity index (χ2v) is 6.70. The van der Waals surface area contributed by atoms with Crippen molar-refractivity contribution >= 4 is 29.1 Å². The fourth-order valence-corrected chi connectivity index (χ4v) is 2.79. The van der Waals surface area contributed by atoms with Crippen molar-refractivity contribution < 1.29 is 9.59 Å². The number of nitrogens with zero attached hydrogens (tertiary/aromatic N) is 2. The summed E-state index contributed by atoms with van der Waals surface area (Å²) in [5.41, 5.74) is 1.73. The van der Waals surface area contributed by atoms with Gasteiger partial charge in [0.25, 0.3) is 0 Å². The van der Waals surface area contributed by atoms with Crippen LogP contribution in [0.25, 0.3) is 0 Å². The third kappa shape index (κ3) is 4.94. The maximum atomic E-state index is 12.2. The molecule has 0 bridgehead atoms. The topological polar surface area (TPSA) is 52.7 Å². The first-order chi connectivity index (χ1) is 10.9. The lowest BCUT2D eigenvalue weighted by molar-refractivity contribution is -0.136. The fourth-order valence-electron chi connectivity index (χ4n) is 2.61. The van der Waals surface area contributed by atoms with Crippen LogP contribution in [0.15, 0.2) is 18.2 Å². The fraction of sp³-hybridized carbons (Fsp3) is 0.529. The lowest BCUT2D eigenvalue weighted by Crippen LogP contribution is -2.51. The van der Waals surface area contributed by atoms with Gasteiger partial charge in [0.2, 0.25) is 11.8 Å². The third-order valence-corrected chi connectivity index (χ3v) is 4.25. The van der Waals surface area contributed by atoms with Crippen molar-refractivity contribution in [2.75, 3.05) is 38.0 Å². The van der Waals surface area contributed by atoms with E-state index in [0.717, 1.165) is 24.3 Å². The van der Waals surface area contributed by atoms with E-state index in [1.54, 1.807) is 12.1 Å². The maximum Gasteiger partial charge on any atom is 0.238 e. The normalized spacial score (nSPS) is 15.8. The Morgan fingerprint density at radius 1 is 1.22 bits per heavy atom. The molecule has 0 aromatic heterocycles. The smallest absolute Gasteiger partial charge is 0.238 e. The predicted molar refractivity (Wildman–Crippen MR) is 92.7 cm³/mol. The predicted octanol–water partition coefficient (Wildman–Crippen LogP) is 2.39. The summed E-state index contributed by atoms with van der Waals surface area (Å²) in [6.45, 7) is 8.89. The molecule has 1 aliphatic heterocycles. The summed E-state index contributed by atoms with van der Waals surface area (Å²) in [7, 11) is 0. The molecule has 2 amide bonds. The Morgan fingerprint density at radius 2 is 1.87 bits per heavy atom. The van der Waals surface area contributed by atoms with Gasteiger partial charge in [0.1, 0.15) is 0 Å². The van der Waals surface area contributed by atoms with Gasteiger partial charge in [-0.25, -0.2) is 0 Å². The monoisotopic (exact) mass is 337 g/mol. The van der Waals surface area contributed by atoms with Crippen LogP contribution in [0, 0.1) is 12.8 Å². The van der Waals surface area contributed by atoms with Crippen LogP contribution < -0.4 is 5.32 Å². The van der Waals surface area contributed by atoms with Crippen LogP contribution >= 0.6 is 11.6 Å². The zero-order valence-electron chi connectivity index (χ0n) is 13.9. The van der Waals surface area contributed by atoms with E-state index in [9.17, 15) is 9.59 Å². The highest BCUT2D eigenvalue weighted by atomic mass is 35.5. The highest BCUT2D eigenvalue weighted by molar-refractivity contribution is 6.31. The van der Waals surface area contributed by atoms with Crippen molar-refractivity contribution in [2.24, 2.45) is 5.92 Å². The summed E-state index contributed by atoms with van der Waals surface area (Å²) in [4.78, 5) is 28.1. The quantitative estimate of drug-likeness (QED) is 0.917. The van der Waals surface area contributed by atoms with E-state index in [1.165, 1.54) is 0 Å². The molecule has 2 rings (SSSR count). The maximum absolute atomic E-state index is 12.2. The number of piperazine rings is 1. The van der Waals surface area contributed by atoms with E-state index in [-0.39, 0.29) is 17.7 Å². The molecule has 0 atom stereocenters. The number of hydrogen-bond acceptors (Lipinski definition) is 3. The summed E-state index contributed by atoms with van der Waals surface area (Å²) >= 11 is 5.96. The van der Waals surface area contributed by atoms with Crippen LogP contribution in [-0.2, 0) is 9.59 Å². The number of carbonyl (C=O) groups is 2. The molecule has 23 heavy (non-hydrogen) atoms. The minimum Gasteiger partial charge on any atom is -0.340 e. The number of hydrogen-bond donors (Lipinski definition) is 1. The van der Waals surface area contributed by atoms with Crippen molar-refractivity contribution in [3.8, 4) is 0 Å². The first-order valence-electron chi connectivity index (χ1n) is 7.94. The molecular formula is C17H24ClN3O2. The summed E-state index contributed by atoms with van der Waals surface area (Å²) in [6.07, 6.45) is 0. The van der Waals surface area contributed by atoms with E-state index in [1.807, 2.05) is 31.7 Å². The Morgan fingerprint density at radius 3 is 2.48 bits per heavy atom. The first kappa shape index (κ1) is 17.8. The van der Waals surface area contributed by atoms with Crippen molar-refractivity contribution in [1.82, 2.24) is 9.80 Å². The van der Waals surface area contributed by atoms with Gasteiger partial charge in [-0.05, 0) is 24.6 Å². The minimum absolute atomic E-state index is 0.0238. The van der Waals surface area contributed by atoms with Gasteiger partial charge in [-0.15, -0.1) is 0 Å². The summed E-state index contributed by atoms with van der Waals surface area (Å²) < 4.78 is 0. The Kier molecular flexibility index (Phi) is 6.02. The lowest BCUT2D eigenvalue weighted by Gasteiger charge is -2.35. The number of nitrogens with one attached hydrogen (secondary N) is 1. The molecule has 6 heteroatoms. The molecule has 1 saturated heterocycles. The van der Waals surface area contributed by atoms with Crippen molar-refractivity contribution in [3.63, 3.8) is 0 Å². The van der Waals surface area contributed by atoms with E-state index in [2.05, 4.69) is 10.2 Å². The van der Waals surface area contributed by atoms with Crippen LogP contribution in [0.3, 0.4) is 0 Å². The minimum atomic E-state index is -0.0565. The number of amides is 2. The van der Waals surface area contributed by atoms with Crippen LogP contribution in [0.5, 0.6) is 0 Å². The molecule has 1 fully saturated rings. The molecule has 1 aliphatic rings. The number of benzene rings is 1. The largest absolute Gasteiger partial charge is 0.340 e. The molecule has 5 nitrogen and oxygen atoms in total. The molecule has 0 unspecified atom stereocenters. The van der Waals surface area contributed by atoms with E-state index in [0.29, 0.717) is 24.7 Å². The van der Waals surface area contributed by atoms with Crippen LogP contribution in [-0.4, -0.2) is 54.3 Å². The molecule has 0 aliphatic carbocycles. The number of anilines is 1. The van der Waals surface area contributed by atoms with Gasteiger partial charge in [0.15, 0.2) is 0 Å². The van der Waals surface area contributed by atoms with Gasteiger partial charge < -0.3 is 10.2 Å². The number of carbonyl (C=O) groups excluding carboxylic acids is 2. The molecule has 0 radical (unpaired) electrons. The van der Waals surface area contributed by atoms with E-state index >= 15 is 0 Å². The second-order valence-electron chi connectivity index (χ2n) is 6.26. The van der Waals surface area contributed by atoms with E-state index < -0.39 is 0 Å². The Hall–Kier alpha value is -1.59. The molecule has 1 heterocycles. The zero-order valence-corrected chi connectivity index (χ0v) is 14.7. The molecule has 0 saturated carbocycles. The zero-order chi connectivity index (χ0) is 17.0. The SMILES string of the molecule is Cc1ccc(Cl)cc1NC(=O)CN1CCN(C(=O)C(C)C)CC1. The lowest BCUT2D eigenvalue weighted by atomic mass is 10.1. The van der Waals surface area contributed by atoms with Crippen molar-refractivity contribution in [2.45, 2.75) is 20.8 Å². The van der Waals surface area contributed by atoms with Gasteiger partial charge in [-0.2, -0.15) is 0 Å².